The second-order valence-electron chi connectivity index (χ2n) is 15.0. The zero-order valence-electron chi connectivity index (χ0n) is 29.8. The lowest BCUT2D eigenvalue weighted by molar-refractivity contribution is -0.166. The molecule has 0 fully saturated rings. The monoisotopic (exact) mass is 664 g/mol. The van der Waals surface area contributed by atoms with Crippen LogP contribution in [-0.2, 0) is 23.7 Å². The number of aliphatic imine (C=N–C) groups is 1. The minimum atomic E-state index is -1.47. The highest BCUT2D eigenvalue weighted by atomic mass is 16.6. The second kappa shape index (κ2) is 15.2. The fourth-order valence-electron chi connectivity index (χ4n) is 3.95. The minimum absolute atomic E-state index is 0.00898. The van der Waals surface area contributed by atoms with Crippen molar-refractivity contribution in [3.8, 4) is 5.75 Å². The number of nitrogens with zero attached hydrogens (tertiary/aromatic N) is 3. The maximum atomic E-state index is 13.5. The molecule has 14 heteroatoms. The lowest BCUT2D eigenvalue weighted by Gasteiger charge is -2.31. The van der Waals surface area contributed by atoms with E-state index in [9.17, 15) is 24.3 Å². The van der Waals surface area contributed by atoms with Crippen molar-refractivity contribution in [2.75, 3.05) is 26.2 Å². The highest BCUT2D eigenvalue weighted by molar-refractivity contribution is 6.02. The average molecular weight is 665 g/mol. The Morgan fingerprint density at radius 2 is 1.38 bits per heavy atom. The smallest absolute Gasteiger partial charge is 0.417 e. The number of hydrogen-bond acceptors (Lipinski definition) is 11. The highest BCUT2D eigenvalue weighted by Gasteiger charge is 2.40. The number of hydrogen-bond donors (Lipinski definition) is 2. The summed E-state index contributed by atoms with van der Waals surface area (Å²) in [7, 11) is 0. The van der Waals surface area contributed by atoms with E-state index in [1.165, 1.54) is 9.80 Å². The van der Waals surface area contributed by atoms with Gasteiger partial charge >= 0.3 is 24.2 Å². The van der Waals surface area contributed by atoms with Crippen LogP contribution in [0.25, 0.3) is 0 Å². The van der Waals surface area contributed by atoms with E-state index in [1.807, 2.05) is 0 Å². The number of ether oxygens (including phenoxy) is 5. The van der Waals surface area contributed by atoms with Crippen LogP contribution in [0.1, 0.15) is 94.7 Å². The number of aliphatic hydroxyl groups excluding tert-OH is 1. The molecule has 1 aliphatic heterocycles. The number of guanidine groups is 1. The van der Waals surface area contributed by atoms with Gasteiger partial charge in [-0.2, -0.15) is 0 Å². The zero-order chi connectivity index (χ0) is 36.0. The van der Waals surface area contributed by atoms with E-state index in [2.05, 4.69) is 5.32 Å². The lowest BCUT2D eigenvalue weighted by atomic mass is 10.1. The molecule has 2 rings (SSSR count). The molecule has 0 bridgehead atoms. The number of benzene rings is 1. The summed E-state index contributed by atoms with van der Waals surface area (Å²) in [6.07, 6.45) is -3.63. The van der Waals surface area contributed by atoms with Crippen molar-refractivity contribution in [3.63, 3.8) is 0 Å². The van der Waals surface area contributed by atoms with Gasteiger partial charge in [-0.15, -0.1) is 0 Å². The van der Waals surface area contributed by atoms with Crippen molar-refractivity contribution in [2.45, 2.75) is 118 Å². The molecule has 1 aliphatic rings. The molecular weight excluding hydrogens is 612 g/mol. The molecule has 2 N–H and O–H groups in total. The molecule has 47 heavy (non-hydrogen) atoms. The van der Waals surface area contributed by atoms with Crippen LogP contribution >= 0.6 is 0 Å². The summed E-state index contributed by atoms with van der Waals surface area (Å²) in [5.74, 6) is -0.420. The van der Waals surface area contributed by atoms with Crippen molar-refractivity contribution in [3.05, 3.63) is 29.8 Å². The van der Waals surface area contributed by atoms with Gasteiger partial charge in [-0.25, -0.2) is 34.0 Å². The second-order valence-corrected chi connectivity index (χ2v) is 15.0. The SMILES string of the molecule is CC(C)(C)OC(=O)NCCN(C(=O)OC(C)(C)C)C1=N[C@@H](c2ccc(OC[C@@H](O)C(=O)OC(C)(C)C)cc2)CN1C(=O)OC(C)(C)C. The van der Waals surface area contributed by atoms with Crippen LogP contribution < -0.4 is 10.1 Å². The summed E-state index contributed by atoms with van der Waals surface area (Å²) < 4.78 is 27.3. The van der Waals surface area contributed by atoms with E-state index in [1.54, 1.807) is 107 Å². The summed E-state index contributed by atoms with van der Waals surface area (Å²) in [6.45, 7) is 20.2. The van der Waals surface area contributed by atoms with Crippen molar-refractivity contribution in [2.24, 2.45) is 4.99 Å². The third-order valence-corrected chi connectivity index (χ3v) is 5.69. The minimum Gasteiger partial charge on any atom is -0.490 e. The molecule has 3 amide bonds. The van der Waals surface area contributed by atoms with Crippen LogP contribution in [0.5, 0.6) is 5.75 Å². The Bertz CT molecular complexity index is 1280. The molecule has 264 valence electrons. The van der Waals surface area contributed by atoms with Crippen LogP contribution in [0.3, 0.4) is 0 Å². The Labute approximate surface area is 277 Å². The van der Waals surface area contributed by atoms with Gasteiger partial charge < -0.3 is 34.1 Å². The van der Waals surface area contributed by atoms with Gasteiger partial charge in [-0.05, 0) is 101 Å². The maximum absolute atomic E-state index is 13.5. The standard InChI is InChI=1S/C33H52N4O10/c1-30(2,3)44-25(39)24(38)20-43-22-15-13-21(14-16-22)23-19-37(29(42)47-33(10,11)12)26(35-23)36(28(41)46-32(7,8)9)18-17-34-27(40)45-31(4,5)6/h13-16,23-24,38H,17-20H2,1-12H3,(H,34,40)/t23-,24-/m1/s1. The summed E-state index contributed by atoms with van der Waals surface area (Å²) in [4.78, 5) is 58.4. The number of carbonyl (C=O) groups excluding carboxylic acids is 4. The van der Waals surface area contributed by atoms with Crippen LogP contribution in [0.2, 0.25) is 0 Å². The van der Waals surface area contributed by atoms with Gasteiger partial charge in [0.25, 0.3) is 0 Å². The van der Waals surface area contributed by atoms with Gasteiger partial charge in [-0.3, -0.25) is 0 Å². The van der Waals surface area contributed by atoms with Gasteiger partial charge in [0.1, 0.15) is 34.8 Å². The molecule has 2 atom stereocenters. The summed E-state index contributed by atoms with van der Waals surface area (Å²) in [5, 5.41) is 12.7. The third-order valence-electron chi connectivity index (χ3n) is 5.69. The fraction of sp³-hybridized carbons (Fsp3) is 0.667. The first-order valence-corrected chi connectivity index (χ1v) is 15.5. The first-order valence-electron chi connectivity index (χ1n) is 15.5. The quantitative estimate of drug-likeness (QED) is 0.279. The number of amides is 3. The molecule has 0 saturated carbocycles. The zero-order valence-corrected chi connectivity index (χ0v) is 29.8. The Balaban J connectivity index is 2.34. The molecule has 1 aromatic carbocycles. The number of rotatable bonds is 8. The van der Waals surface area contributed by atoms with E-state index in [0.29, 0.717) is 11.3 Å². The van der Waals surface area contributed by atoms with Crippen LogP contribution in [-0.4, -0.2) is 99.9 Å². The Morgan fingerprint density at radius 3 is 1.89 bits per heavy atom. The molecule has 1 heterocycles. The fourth-order valence-corrected chi connectivity index (χ4v) is 3.95. The molecule has 0 unspecified atom stereocenters. The Morgan fingerprint density at radius 1 is 0.851 bits per heavy atom. The molecule has 1 aromatic rings. The lowest BCUT2D eigenvalue weighted by Crippen LogP contribution is -2.52. The number of alkyl carbamates (subject to hydrolysis) is 1. The molecule has 0 saturated heterocycles. The van der Waals surface area contributed by atoms with Crippen molar-refractivity contribution in [1.82, 2.24) is 15.1 Å². The number of aliphatic hydroxyl groups is 1. The molecule has 14 nitrogen and oxygen atoms in total. The van der Waals surface area contributed by atoms with Gasteiger partial charge in [-0.1, -0.05) is 12.1 Å². The van der Waals surface area contributed by atoms with Gasteiger partial charge in [0.2, 0.25) is 5.96 Å². The van der Waals surface area contributed by atoms with Crippen LogP contribution in [0, 0.1) is 0 Å². The Hall–Kier alpha value is -4.07. The van der Waals surface area contributed by atoms with E-state index in [-0.39, 0.29) is 32.2 Å². The highest BCUT2D eigenvalue weighted by Crippen LogP contribution is 2.29. The maximum Gasteiger partial charge on any atom is 0.417 e. The number of esters is 1. The third kappa shape index (κ3) is 14.1. The van der Waals surface area contributed by atoms with E-state index in [4.69, 9.17) is 28.7 Å². The Kier molecular flexibility index (Phi) is 12.7. The normalized spacial score (nSPS) is 16.1. The topological polar surface area (TPSA) is 166 Å². The molecular formula is C33H52N4O10. The van der Waals surface area contributed by atoms with E-state index >= 15 is 0 Å². The van der Waals surface area contributed by atoms with Crippen molar-refractivity contribution in [1.29, 1.82) is 0 Å². The van der Waals surface area contributed by atoms with Crippen LogP contribution in [0.15, 0.2) is 29.3 Å². The molecule has 0 radical (unpaired) electrons. The molecule has 0 spiro atoms. The largest absolute Gasteiger partial charge is 0.490 e. The van der Waals surface area contributed by atoms with Gasteiger partial charge in [0, 0.05) is 13.1 Å². The number of nitrogens with one attached hydrogen (secondary N) is 1. The van der Waals surface area contributed by atoms with Gasteiger partial charge in [0.15, 0.2) is 6.10 Å². The number of carbonyl (C=O) groups is 4. The van der Waals surface area contributed by atoms with Crippen molar-refractivity contribution >= 4 is 30.2 Å². The first kappa shape index (κ1) is 39.1. The predicted molar refractivity (Wildman–Crippen MR) is 174 cm³/mol. The van der Waals surface area contributed by atoms with E-state index < -0.39 is 58.8 Å². The van der Waals surface area contributed by atoms with Crippen LogP contribution in [0.4, 0.5) is 14.4 Å². The summed E-state index contributed by atoms with van der Waals surface area (Å²) >= 11 is 0. The first-order chi connectivity index (χ1) is 21.3. The molecule has 0 aromatic heterocycles. The van der Waals surface area contributed by atoms with Gasteiger partial charge in [0.05, 0.1) is 12.6 Å². The molecule has 0 aliphatic carbocycles. The van der Waals surface area contributed by atoms with Crippen molar-refractivity contribution < 1.29 is 48.0 Å². The van der Waals surface area contributed by atoms with E-state index in [0.717, 1.165) is 0 Å². The summed E-state index contributed by atoms with van der Waals surface area (Å²) in [5.41, 5.74) is -2.48. The predicted octanol–water partition coefficient (Wildman–Crippen LogP) is 5.18. The summed E-state index contributed by atoms with van der Waals surface area (Å²) in [6, 6.07) is 6.11. The average Bonchev–Trinajstić information content (AvgIpc) is 3.31.